The molecule has 12 rings (SSSR count). The van der Waals surface area contributed by atoms with Gasteiger partial charge in [-0.15, -0.1) is 0 Å². The molecule has 0 aliphatic heterocycles. The molecule has 0 atom stereocenters. The molecule has 7 heterocycles. The van der Waals surface area contributed by atoms with Gasteiger partial charge in [0.1, 0.15) is 0 Å². The minimum Gasteiger partial charge on any atom is -0.255 e. The van der Waals surface area contributed by atoms with Crippen LogP contribution in [-0.2, 0) is 0 Å². The Hall–Kier alpha value is -8.43. The van der Waals surface area contributed by atoms with Gasteiger partial charge in [-0.25, -0.2) is 15.0 Å². The Bertz CT molecular complexity index is 3460. The maximum absolute atomic E-state index is 5.24. The number of fused-ring (bicyclic) bond motifs is 8. The van der Waals surface area contributed by atoms with Gasteiger partial charge in [0.15, 0.2) is 17.5 Å². The van der Waals surface area contributed by atoms with E-state index in [2.05, 4.69) is 66.7 Å². The Morgan fingerprint density at radius 3 is 1.18 bits per heavy atom. The first-order chi connectivity index (χ1) is 29.7. The SMILES string of the molecule is c1ccc2ncc(-c3nc(-c4cc(-c5cc6cccnc6c6ncccc56)cc(-c5cc6cccnc6c6ncccc56)c4)nc(-c4cnc5ccccc5c4)n3)cc2c1. The third-order valence-corrected chi connectivity index (χ3v) is 11.1. The predicted octanol–water partition coefficient (Wildman–Crippen LogP) is 11.5. The molecule has 0 spiro atoms. The van der Waals surface area contributed by atoms with Gasteiger partial charge in [-0.3, -0.25) is 29.9 Å². The maximum Gasteiger partial charge on any atom is 0.165 e. The van der Waals surface area contributed by atoms with Gasteiger partial charge in [-0.1, -0.05) is 60.7 Å². The first-order valence-electron chi connectivity index (χ1n) is 19.6. The summed E-state index contributed by atoms with van der Waals surface area (Å²) in [5.74, 6) is 1.52. The molecule has 0 aliphatic carbocycles. The van der Waals surface area contributed by atoms with Crippen LogP contribution in [0.25, 0.3) is 122 Å². The van der Waals surface area contributed by atoms with E-state index in [9.17, 15) is 0 Å². The molecule has 0 radical (unpaired) electrons. The summed E-state index contributed by atoms with van der Waals surface area (Å²) < 4.78 is 0. The second-order valence-corrected chi connectivity index (χ2v) is 14.7. The summed E-state index contributed by atoms with van der Waals surface area (Å²) in [6.07, 6.45) is 10.9. The highest BCUT2D eigenvalue weighted by Crippen LogP contribution is 2.41. The lowest BCUT2D eigenvalue weighted by molar-refractivity contribution is 1.07. The highest BCUT2D eigenvalue weighted by atomic mass is 15.0. The largest absolute Gasteiger partial charge is 0.255 e. The molecule has 7 aromatic heterocycles. The van der Waals surface area contributed by atoms with E-state index in [4.69, 9.17) is 44.9 Å². The monoisotopic (exact) mass is 767 g/mol. The molecule has 0 N–H and O–H groups in total. The van der Waals surface area contributed by atoms with Gasteiger partial charge in [-0.2, -0.15) is 0 Å². The molecule has 9 heteroatoms. The van der Waals surface area contributed by atoms with Crippen LogP contribution in [0.15, 0.2) is 177 Å². The lowest BCUT2D eigenvalue weighted by atomic mass is 9.91. The van der Waals surface area contributed by atoms with E-state index in [0.717, 1.165) is 104 Å². The number of benzene rings is 5. The molecule has 0 fully saturated rings. The minimum atomic E-state index is 0.506. The zero-order valence-corrected chi connectivity index (χ0v) is 31.8. The van der Waals surface area contributed by atoms with Crippen molar-refractivity contribution in [3.63, 3.8) is 0 Å². The van der Waals surface area contributed by atoms with Crippen molar-refractivity contribution in [1.29, 1.82) is 0 Å². The number of para-hydroxylation sites is 2. The Balaban J connectivity index is 1.16. The molecule has 12 aromatic rings. The van der Waals surface area contributed by atoms with E-state index in [1.807, 2.05) is 110 Å². The summed E-state index contributed by atoms with van der Waals surface area (Å²) in [7, 11) is 0. The van der Waals surface area contributed by atoms with Crippen LogP contribution in [0.5, 0.6) is 0 Å². The van der Waals surface area contributed by atoms with E-state index in [0.29, 0.717) is 17.5 Å². The third-order valence-electron chi connectivity index (χ3n) is 11.1. The van der Waals surface area contributed by atoms with Crippen molar-refractivity contribution in [3.8, 4) is 56.4 Å². The van der Waals surface area contributed by atoms with E-state index in [1.165, 1.54) is 0 Å². The number of hydrogen-bond donors (Lipinski definition) is 0. The second-order valence-electron chi connectivity index (χ2n) is 14.7. The molecule has 0 unspecified atom stereocenters. The Labute approximate surface area is 342 Å². The fraction of sp³-hybridized carbons (Fsp3) is 0. The fourth-order valence-electron chi connectivity index (χ4n) is 8.25. The maximum atomic E-state index is 5.24. The van der Waals surface area contributed by atoms with Gasteiger partial charge < -0.3 is 0 Å². The normalized spacial score (nSPS) is 11.7. The van der Waals surface area contributed by atoms with Gasteiger partial charge in [-0.05, 0) is 101 Å². The molecule has 5 aromatic carbocycles. The van der Waals surface area contributed by atoms with Gasteiger partial charge in [0, 0.05) is 86.2 Å². The number of aromatic nitrogens is 9. The molecular formula is C51H29N9. The van der Waals surface area contributed by atoms with Crippen molar-refractivity contribution in [1.82, 2.24) is 44.9 Å². The van der Waals surface area contributed by atoms with Crippen molar-refractivity contribution >= 4 is 65.4 Å². The zero-order chi connectivity index (χ0) is 39.6. The van der Waals surface area contributed by atoms with Crippen LogP contribution in [0.3, 0.4) is 0 Å². The van der Waals surface area contributed by atoms with E-state index in [1.54, 1.807) is 0 Å². The molecule has 0 bridgehead atoms. The van der Waals surface area contributed by atoms with Crippen molar-refractivity contribution in [2.75, 3.05) is 0 Å². The van der Waals surface area contributed by atoms with Crippen molar-refractivity contribution in [2.24, 2.45) is 0 Å². The smallest absolute Gasteiger partial charge is 0.165 e. The van der Waals surface area contributed by atoms with E-state index < -0.39 is 0 Å². The molecular weight excluding hydrogens is 739 g/mol. The highest BCUT2D eigenvalue weighted by Gasteiger charge is 2.19. The average molecular weight is 768 g/mol. The standard InChI is InChI=1S/C51H29N9/c1-3-15-43-30(9-1)21-37(28-56-43)50-58-49(59-51(60-50)38-22-31-10-2-4-16-44(31)57-29-38)36-24-34(41-26-32-11-5-17-52-45(32)47-39(41)13-7-19-54-47)23-35(25-36)42-27-33-12-6-18-53-46(33)48-40(42)14-8-20-55-48/h1-29H. The molecule has 60 heavy (non-hydrogen) atoms. The summed E-state index contributed by atoms with van der Waals surface area (Å²) in [4.78, 5) is 44.3. The summed E-state index contributed by atoms with van der Waals surface area (Å²) >= 11 is 0. The molecule has 278 valence electrons. The Morgan fingerprint density at radius 2 is 0.683 bits per heavy atom. The lowest BCUT2D eigenvalue weighted by Gasteiger charge is -2.16. The van der Waals surface area contributed by atoms with E-state index >= 15 is 0 Å². The van der Waals surface area contributed by atoms with Crippen molar-refractivity contribution in [2.45, 2.75) is 0 Å². The van der Waals surface area contributed by atoms with Crippen molar-refractivity contribution < 1.29 is 0 Å². The van der Waals surface area contributed by atoms with Crippen LogP contribution in [0, 0.1) is 0 Å². The summed E-state index contributed by atoms with van der Waals surface area (Å²) in [5, 5.41) is 5.95. The van der Waals surface area contributed by atoms with Gasteiger partial charge >= 0.3 is 0 Å². The van der Waals surface area contributed by atoms with Crippen LogP contribution in [0.2, 0.25) is 0 Å². The zero-order valence-electron chi connectivity index (χ0n) is 31.8. The number of pyridine rings is 6. The second kappa shape index (κ2) is 13.6. The van der Waals surface area contributed by atoms with Crippen LogP contribution >= 0.6 is 0 Å². The summed E-state index contributed by atoms with van der Waals surface area (Å²) in [6, 6.07) is 47.5. The molecule has 0 amide bonds. The molecule has 0 aliphatic rings. The fourth-order valence-corrected chi connectivity index (χ4v) is 8.25. The minimum absolute atomic E-state index is 0.506. The first kappa shape index (κ1) is 33.7. The Morgan fingerprint density at radius 1 is 0.283 bits per heavy atom. The average Bonchev–Trinajstić information content (AvgIpc) is 3.33. The number of hydrogen-bond acceptors (Lipinski definition) is 9. The highest BCUT2D eigenvalue weighted by molar-refractivity contribution is 6.12. The van der Waals surface area contributed by atoms with Crippen LogP contribution < -0.4 is 0 Å². The van der Waals surface area contributed by atoms with Crippen LogP contribution in [0.1, 0.15) is 0 Å². The lowest BCUT2D eigenvalue weighted by Crippen LogP contribution is -2.01. The first-order valence-corrected chi connectivity index (χ1v) is 19.6. The van der Waals surface area contributed by atoms with Crippen LogP contribution in [-0.4, -0.2) is 44.9 Å². The predicted molar refractivity (Wildman–Crippen MR) is 239 cm³/mol. The topological polar surface area (TPSA) is 116 Å². The Kier molecular flexibility index (Phi) is 7.64. The van der Waals surface area contributed by atoms with Crippen molar-refractivity contribution in [3.05, 3.63) is 177 Å². The molecule has 9 nitrogen and oxygen atoms in total. The van der Waals surface area contributed by atoms with Gasteiger partial charge in [0.05, 0.1) is 33.1 Å². The van der Waals surface area contributed by atoms with E-state index in [-0.39, 0.29) is 0 Å². The van der Waals surface area contributed by atoms with Crippen LogP contribution in [0.4, 0.5) is 0 Å². The molecule has 0 saturated heterocycles. The third kappa shape index (κ3) is 5.67. The molecule has 0 saturated carbocycles. The quantitative estimate of drug-likeness (QED) is 0.158. The van der Waals surface area contributed by atoms with Gasteiger partial charge in [0.25, 0.3) is 0 Å². The van der Waals surface area contributed by atoms with Gasteiger partial charge in [0.2, 0.25) is 0 Å². The summed E-state index contributed by atoms with van der Waals surface area (Å²) in [6.45, 7) is 0. The number of nitrogens with zero attached hydrogens (tertiary/aromatic N) is 9. The number of rotatable bonds is 5. The summed E-state index contributed by atoms with van der Waals surface area (Å²) in [5.41, 5.74) is 11.5.